The predicted molar refractivity (Wildman–Crippen MR) is 100 cm³/mol. The fourth-order valence-electron chi connectivity index (χ4n) is 2.70. The normalized spacial score (nSPS) is 17.5. The van der Waals surface area contributed by atoms with Gasteiger partial charge in [-0.3, -0.25) is 9.59 Å². The molecule has 140 valence electrons. The number of benzene rings is 1. The van der Waals surface area contributed by atoms with Gasteiger partial charge in [0.15, 0.2) is 0 Å². The molecule has 7 heteroatoms. The summed E-state index contributed by atoms with van der Waals surface area (Å²) in [6.45, 7) is 8.04. The molecule has 1 saturated heterocycles. The molecule has 1 fully saturated rings. The van der Waals surface area contributed by atoms with Crippen LogP contribution in [-0.4, -0.2) is 43.6 Å². The number of nitrogens with one attached hydrogen (secondary N) is 3. The molecule has 2 rings (SSSR count). The van der Waals surface area contributed by atoms with Crippen LogP contribution in [0.3, 0.4) is 0 Å². The van der Waals surface area contributed by atoms with Gasteiger partial charge in [-0.15, -0.1) is 12.4 Å². The summed E-state index contributed by atoms with van der Waals surface area (Å²) in [5, 5.41) is 9.07. The standard InChI is InChI=1S/C18H27N3O3.ClH/c1-4-24-15-7-5-13(6-8-15)17(22)21-16(12(2)3)18(23)20-14-9-10-19-11-14;/h5-8,12,14,16,19H,4,9-11H2,1-3H3,(H,20,23)(H,21,22);1H. The van der Waals surface area contributed by atoms with E-state index in [1.165, 1.54) is 0 Å². The first-order chi connectivity index (χ1) is 11.5. The fourth-order valence-corrected chi connectivity index (χ4v) is 2.70. The summed E-state index contributed by atoms with van der Waals surface area (Å²) in [6.07, 6.45) is 0.920. The molecule has 1 aliphatic rings. The summed E-state index contributed by atoms with van der Waals surface area (Å²) in [7, 11) is 0. The summed E-state index contributed by atoms with van der Waals surface area (Å²) in [4.78, 5) is 24.9. The zero-order valence-electron chi connectivity index (χ0n) is 15.0. The van der Waals surface area contributed by atoms with Crippen molar-refractivity contribution in [1.29, 1.82) is 0 Å². The molecule has 3 N–H and O–H groups in total. The van der Waals surface area contributed by atoms with Gasteiger partial charge in [-0.25, -0.2) is 0 Å². The predicted octanol–water partition coefficient (Wildman–Crippen LogP) is 1.74. The lowest BCUT2D eigenvalue weighted by Gasteiger charge is -2.23. The Morgan fingerprint density at radius 1 is 1.28 bits per heavy atom. The number of rotatable bonds is 7. The van der Waals surface area contributed by atoms with Gasteiger partial charge in [0.2, 0.25) is 5.91 Å². The summed E-state index contributed by atoms with van der Waals surface area (Å²) in [5.41, 5.74) is 0.513. The molecule has 1 heterocycles. The van der Waals surface area contributed by atoms with Crippen LogP contribution in [0.1, 0.15) is 37.6 Å². The number of ether oxygens (including phenoxy) is 1. The summed E-state index contributed by atoms with van der Waals surface area (Å²) in [6, 6.07) is 6.51. The molecular weight excluding hydrogens is 342 g/mol. The van der Waals surface area contributed by atoms with E-state index < -0.39 is 6.04 Å². The molecular formula is C18H28ClN3O3. The first kappa shape index (κ1) is 21.3. The minimum absolute atomic E-state index is 0. The average Bonchev–Trinajstić information content (AvgIpc) is 3.06. The van der Waals surface area contributed by atoms with Gasteiger partial charge < -0.3 is 20.7 Å². The molecule has 2 amide bonds. The molecule has 25 heavy (non-hydrogen) atoms. The minimum atomic E-state index is -0.551. The van der Waals surface area contributed by atoms with Crippen molar-refractivity contribution in [1.82, 2.24) is 16.0 Å². The third-order valence-corrected chi connectivity index (χ3v) is 4.07. The molecule has 6 nitrogen and oxygen atoms in total. The van der Waals surface area contributed by atoms with Gasteiger partial charge in [-0.05, 0) is 50.1 Å². The third-order valence-electron chi connectivity index (χ3n) is 4.07. The van der Waals surface area contributed by atoms with Crippen LogP contribution in [0.25, 0.3) is 0 Å². The van der Waals surface area contributed by atoms with E-state index in [0.29, 0.717) is 12.2 Å². The quantitative estimate of drug-likeness (QED) is 0.684. The highest BCUT2D eigenvalue weighted by molar-refractivity contribution is 5.97. The SMILES string of the molecule is CCOc1ccc(C(=O)NC(C(=O)NC2CCNC2)C(C)C)cc1.Cl. The molecule has 0 spiro atoms. The first-order valence-corrected chi connectivity index (χ1v) is 8.56. The number of carbonyl (C=O) groups excluding carboxylic acids is 2. The second-order valence-corrected chi connectivity index (χ2v) is 6.35. The molecule has 2 atom stereocenters. The molecule has 1 aromatic carbocycles. The van der Waals surface area contributed by atoms with Crippen LogP contribution < -0.4 is 20.7 Å². The van der Waals surface area contributed by atoms with Gasteiger partial charge in [0, 0.05) is 18.2 Å². The highest BCUT2D eigenvalue weighted by Gasteiger charge is 2.27. The van der Waals surface area contributed by atoms with E-state index in [9.17, 15) is 9.59 Å². The van der Waals surface area contributed by atoms with Crippen LogP contribution >= 0.6 is 12.4 Å². The maximum Gasteiger partial charge on any atom is 0.251 e. The Morgan fingerprint density at radius 2 is 1.96 bits per heavy atom. The van der Waals surface area contributed by atoms with Crippen molar-refractivity contribution < 1.29 is 14.3 Å². The van der Waals surface area contributed by atoms with Crippen molar-refractivity contribution >= 4 is 24.2 Å². The highest BCUT2D eigenvalue weighted by Crippen LogP contribution is 2.13. The smallest absolute Gasteiger partial charge is 0.251 e. The Morgan fingerprint density at radius 3 is 2.48 bits per heavy atom. The van der Waals surface area contributed by atoms with Crippen molar-refractivity contribution in [2.75, 3.05) is 19.7 Å². The molecule has 1 aliphatic heterocycles. The molecule has 0 aromatic heterocycles. The van der Waals surface area contributed by atoms with Crippen LogP contribution in [0.5, 0.6) is 5.75 Å². The molecule has 0 aliphatic carbocycles. The van der Waals surface area contributed by atoms with Crippen LogP contribution in [0.4, 0.5) is 0 Å². The Balaban J connectivity index is 0.00000312. The van der Waals surface area contributed by atoms with Crippen LogP contribution in [0, 0.1) is 5.92 Å². The zero-order chi connectivity index (χ0) is 17.5. The Labute approximate surface area is 155 Å². The Bertz CT molecular complexity index is 557. The van der Waals surface area contributed by atoms with Gasteiger partial charge in [0.05, 0.1) is 6.61 Å². The van der Waals surface area contributed by atoms with Gasteiger partial charge in [0.1, 0.15) is 11.8 Å². The second kappa shape index (κ2) is 10.3. The van der Waals surface area contributed by atoms with E-state index in [0.717, 1.165) is 25.3 Å². The molecule has 0 radical (unpaired) electrons. The third kappa shape index (κ3) is 6.21. The van der Waals surface area contributed by atoms with Gasteiger partial charge in [0.25, 0.3) is 5.91 Å². The van der Waals surface area contributed by atoms with Crippen LogP contribution in [0.2, 0.25) is 0 Å². The number of halogens is 1. The summed E-state index contributed by atoms with van der Waals surface area (Å²) in [5.74, 6) is 0.348. The lowest BCUT2D eigenvalue weighted by molar-refractivity contribution is -0.124. The van der Waals surface area contributed by atoms with E-state index in [-0.39, 0.29) is 36.2 Å². The Kier molecular flexibility index (Phi) is 8.72. The van der Waals surface area contributed by atoms with E-state index in [1.54, 1.807) is 24.3 Å². The number of hydrogen-bond donors (Lipinski definition) is 3. The molecule has 1 aromatic rings. The maximum atomic E-state index is 12.5. The van der Waals surface area contributed by atoms with E-state index in [4.69, 9.17) is 4.74 Å². The molecule has 2 unspecified atom stereocenters. The van der Waals surface area contributed by atoms with Crippen molar-refractivity contribution in [3.05, 3.63) is 29.8 Å². The lowest BCUT2D eigenvalue weighted by atomic mass is 10.0. The summed E-state index contributed by atoms with van der Waals surface area (Å²) >= 11 is 0. The first-order valence-electron chi connectivity index (χ1n) is 8.56. The number of carbonyl (C=O) groups is 2. The zero-order valence-corrected chi connectivity index (χ0v) is 15.8. The lowest BCUT2D eigenvalue weighted by Crippen LogP contribution is -2.52. The molecule has 0 saturated carbocycles. The average molecular weight is 370 g/mol. The van der Waals surface area contributed by atoms with E-state index >= 15 is 0 Å². The van der Waals surface area contributed by atoms with E-state index in [2.05, 4.69) is 16.0 Å². The minimum Gasteiger partial charge on any atom is -0.494 e. The second-order valence-electron chi connectivity index (χ2n) is 6.35. The van der Waals surface area contributed by atoms with Crippen LogP contribution in [0.15, 0.2) is 24.3 Å². The van der Waals surface area contributed by atoms with E-state index in [1.807, 2.05) is 20.8 Å². The van der Waals surface area contributed by atoms with Gasteiger partial charge in [-0.1, -0.05) is 13.8 Å². The van der Waals surface area contributed by atoms with Crippen molar-refractivity contribution in [3.63, 3.8) is 0 Å². The largest absolute Gasteiger partial charge is 0.494 e. The van der Waals surface area contributed by atoms with Crippen molar-refractivity contribution in [2.45, 2.75) is 39.3 Å². The fraction of sp³-hybridized carbons (Fsp3) is 0.556. The van der Waals surface area contributed by atoms with Crippen molar-refractivity contribution in [2.24, 2.45) is 5.92 Å². The van der Waals surface area contributed by atoms with Crippen LogP contribution in [-0.2, 0) is 4.79 Å². The highest BCUT2D eigenvalue weighted by atomic mass is 35.5. The van der Waals surface area contributed by atoms with Crippen molar-refractivity contribution in [3.8, 4) is 5.75 Å². The number of amides is 2. The Hall–Kier alpha value is -1.79. The van der Waals surface area contributed by atoms with Gasteiger partial charge in [-0.2, -0.15) is 0 Å². The number of hydrogen-bond acceptors (Lipinski definition) is 4. The topological polar surface area (TPSA) is 79.5 Å². The molecule has 0 bridgehead atoms. The monoisotopic (exact) mass is 369 g/mol. The maximum absolute atomic E-state index is 12.5. The van der Waals surface area contributed by atoms with Gasteiger partial charge >= 0.3 is 0 Å². The summed E-state index contributed by atoms with van der Waals surface area (Å²) < 4.78 is 5.37.